The Balaban J connectivity index is 2.89. The topological polar surface area (TPSA) is 43.4 Å². The van der Waals surface area contributed by atoms with E-state index < -0.39 is 11.9 Å². The maximum Gasteiger partial charge on any atom is 0.346 e. The van der Waals surface area contributed by atoms with E-state index in [9.17, 15) is 9.59 Å². The Kier molecular flexibility index (Phi) is 3.41. The summed E-state index contributed by atoms with van der Waals surface area (Å²) in [6, 6.07) is 6.93. The first-order chi connectivity index (χ1) is 6.11. The van der Waals surface area contributed by atoms with Crippen molar-refractivity contribution in [2.24, 2.45) is 0 Å². The van der Waals surface area contributed by atoms with E-state index in [0.717, 1.165) is 3.57 Å². The Bertz CT molecular complexity index is 346. The zero-order valence-electron chi connectivity index (χ0n) is 6.91. The van der Waals surface area contributed by atoms with Gasteiger partial charge >= 0.3 is 11.9 Å². The van der Waals surface area contributed by atoms with Crippen molar-refractivity contribution in [3.63, 3.8) is 0 Å². The summed E-state index contributed by atoms with van der Waals surface area (Å²) in [6.07, 6.45) is 0. The molecular weight excluding hydrogens is 283 g/mol. The van der Waals surface area contributed by atoms with Gasteiger partial charge in [-0.2, -0.15) is 0 Å². The van der Waals surface area contributed by atoms with Crippen molar-refractivity contribution in [2.75, 3.05) is 0 Å². The van der Waals surface area contributed by atoms with Crippen LogP contribution in [0, 0.1) is 3.57 Å². The van der Waals surface area contributed by atoms with Crippen molar-refractivity contribution in [3.05, 3.63) is 33.4 Å². The van der Waals surface area contributed by atoms with Crippen LogP contribution in [0.25, 0.3) is 0 Å². The Morgan fingerprint density at radius 1 is 1.31 bits per heavy atom. The van der Waals surface area contributed by atoms with Crippen LogP contribution in [0.4, 0.5) is 0 Å². The summed E-state index contributed by atoms with van der Waals surface area (Å²) in [7, 11) is 0. The van der Waals surface area contributed by atoms with Gasteiger partial charge in [0.25, 0.3) is 0 Å². The summed E-state index contributed by atoms with van der Waals surface area (Å²) >= 11 is 2.01. The van der Waals surface area contributed by atoms with Gasteiger partial charge in [-0.1, -0.05) is 12.1 Å². The van der Waals surface area contributed by atoms with Crippen molar-refractivity contribution in [1.29, 1.82) is 0 Å². The molecule has 1 aromatic rings. The fraction of sp³-hybridized carbons (Fsp3) is 0.111. The van der Waals surface area contributed by atoms with Gasteiger partial charge in [-0.25, -0.2) is 4.79 Å². The molecule has 0 aliphatic rings. The Hall–Kier alpha value is -0.910. The maximum atomic E-state index is 11.2. The van der Waals surface area contributed by atoms with Gasteiger partial charge in [0.1, 0.15) is 0 Å². The number of esters is 2. The van der Waals surface area contributed by atoms with Crippen LogP contribution < -0.4 is 0 Å². The molecule has 0 atom stereocenters. The van der Waals surface area contributed by atoms with Gasteiger partial charge in [0, 0.05) is 10.5 Å². The Morgan fingerprint density at radius 3 is 2.46 bits per heavy atom. The van der Waals surface area contributed by atoms with Gasteiger partial charge in [-0.05, 0) is 34.7 Å². The van der Waals surface area contributed by atoms with Gasteiger partial charge in [0.2, 0.25) is 0 Å². The second-order valence-corrected chi connectivity index (χ2v) is 3.52. The van der Waals surface area contributed by atoms with Gasteiger partial charge in [-0.15, -0.1) is 0 Å². The second kappa shape index (κ2) is 4.36. The van der Waals surface area contributed by atoms with Crippen molar-refractivity contribution in [2.45, 2.75) is 6.92 Å². The molecule has 1 aromatic carbocycles. The predicted octanol–water partition coefficient (Wildman–Crippen LogP) is 1.99. The molecule has 1 rings (SSSR count). The second-order valence-electron chi connectivity index (χ2n) is 2.36. The molecular formula is C9H7IO3. The Morgan fingerprint density at radius 2 is 1.92 bits per heavy atom. The highest BCUT2D eigenvalue weighted by atomic mass is 127. The lowest BCUT2D eigenvalue weighted by molar-refractivity contribution is -0.135. The first kappa shape index (κ1) is 10.2. The van der Waals surface area contributed by atoms with E-state index in [-0.39, 0.29) is 0 Å². The molecule has 0 saturated carbocycles. The lowest BCUT2D eigenvalue weighted by Crippen LogP contribution is -2.10. The molecule has 0 unspecified atom stereocenters. The number of halogens is 1. The van der Waals surface area contributed by atoms with E-state index in [0.29, 0.717) is 5.56 Å². The quantitative estimate of drug-likeness (QED) is 0.451. The van der Waals surface area contributed by atoms with Gasteiger partial charge in [0.15, 0.2) is 0 Å². The minimum Gasteiger partial charge on any atom is -0.390 e. The molecule has 0 aliphatic heterocycles. The van der Waals surface area contributed by atoms with Crippen LogP contribution in [0.2, 0.25) is 0 Å². The standard InChI is InChI=1S/C9H7IO3/c1-6(11)13-9(12)7-4-2-3-5-8(7)10/h2-5H,1H3. The average Bonchev–Trinajstić information content (AvgIpc) is 2.03. The predicted molar refractivity (Wildman–Crippen MR) is 55.3 cm³/mol. The van der Waals surface area contributed by atoms with Gasteiger partial charge in [0.05, 0.1) is 5.56 Å². The summed E-state index contributed by atoms with van der Waals surface area (Å²) in [4.78, 5) is 21.7. The molecule has 0 fully saturated rings. The fourth-order valence-electron chi connectivity index (χ4n) is 0.812. The van der Waals surface area contributed by atoms with E-state index in [4.69, 9.17) is 0 Å². The average molecular weight is 290 g/mol. The van der Waals surface area contributed by atoms with Crippen LogP contribution >= 0.6 is 22.6 Å². The molecule has 0 aliphatic carbocycles. The number of hydrogen-bond acceptors (Lipinski definition) is 3. The molecule has 0 radical (unpaired) electrons. The van der Waals surface area contributed by atoms with E-state index in [1.807, 2.05) is 28.7 Å². The first-order valence-corrected chi connectivity index (χ1v) is 4.66. The summed E-state index contributed by atoms with van der Waals surface area (Å²) in [6.45, 7) is 1.20. The molecule has 0 aromatic heterocycles. The largest absolute Gasteiger partial charge is 0.390 e. The number of carbonyl (C=O) groups is 2. The number of hydrogen-bond donors (Lipinski definition) is 0. The molecule has 0 amide bonds. The smallest absolute Gasteiger partial charge is 0.346 e. The van der Waals surface area contributed by atoms with Gasteiger partial charge < -0.3 is 4.74 Å². The summed E-state index contributed by atoms with van der Waals surface area (Å²) in [5, 5.41) is 0. The van der Waals surface area contributed by atoms with Crippen LogP contribution in [0.3, 0.4) is 0 Å². The lowest BCUT2D eigenvalue weighted by Gasteiger charge is -2.01. The third-order valence-electron chi connectivity index (χ3n) is 1.33. The Labute approximate surface area is 89.2 Å². The molecule has 4 heteroatoms. The number of ether oxygens (including phenoxy) is 1. The molecule has 0 saturated heterocycles. The van der Waals surface area contributed by atoms with Crippen molar-refractivity contribution in [3.8, 4) is 0 Å². The SMILES string of the molecule is CC(=O)OC(=O)c1ccccc1I. The van der Waals surface area contributed by atoms with Crippen LogP contribution in [0.5, 0.6) is 0 Å². The summed E-state index contributed by atoms with van der Waals surface area (Å²) < 4.78 is 5.20. The molecule has 0 spiro atoms. The third-order valence-corrected chi connectivity index (χ3v) is 2.27. The molecule has 0 heterocycles. The van der Waals surface area contributed by atoms with E-state index in [1.165, 1.54) is 6.92 Å². The van der Waals surface area contributed by atoms with E-state index in [1.54, 1.807) is 18.2 Å². The zero-order valence-corrected chi connectivity index (χ0v) is 9.07. The molecule has 68 valence electrons. The van der Waals surface area contributed by atoms with Crippen LogP contribution in [0.15, 0.2) is 24.3 Å². The van der Waals surface area contributed by atoms with Crippen molar-refractivity contribution in [1.82, 2.24) is 0 Å². The highest BCUT2D eigenvalue weighted by Crippen LogP contribution is 2.12. The highest BCUT2D eigenvalue weighted by molar-refractivity contribution is 14.1. The summed E-state index contributed by atoms with van der Waals surface area (Å²) in [5.74, 6) is -1.19. The number of carbonyl (C=O) groups excluding carboxylic acids is 2. The van der Waals surface area contributed by atoms with E-state index in [2.05, 4.69) is 4.74 Å². The van der Waals surface area contributed by atoms with Crippen LogP contribution in [0.1, 0.15) is 17.3 Å². The van der Waals surface area contributed by atoms with Crippen molar-refractivity contribution >= 4 is 34.5 Å². The number of benzene rings is 1. The molecule has 0 bridgehead atoms. The normalized spacial score (nSPS) is 9.38. The highest BCUT2D eigenvalue weighted by Gasteiger charge is 2.11. The summed E-state index contributed by atoms with van der Waals surface area (Å²) in [5.41, 5.74) is 0.415. The third kappa shape index (κ3) is 2.80. The minimum absolute atomic E-state index is 0.415. The first-order valence-electron chi connectivity index (χ1n) is 3.58. The number of rotatable bonds is 1. The monoisotopic (exact) mass is 290 g/mol. The molecule has 3 nitrogen and oxygen atoms in total. The van der Waals surface area contributed by atoms with Gasteiger partial charge in [-0.3, -0.25) is 4.79 Å². The molecule has 0 N–H and O–H groups in total. The minimum atomic E-state index is -0.600. The van der Waals surface area contributed by atoms with E-state index >= 15 is 0 Å². The zero-order chi connectivity index (χ0) is 9.84. The van der Waals surface area contributed by atoms with Crippen molar-refractivity contribution < 1.29 is 14.3 Å². The molecule has 13 heavy (non-hydrogen) atoms. The fourth-order valence-corrected chi connectivity index (χ4v) is 1.42. The van der Waals surface area contributed by atoms with Crippen LogP contribution in [-0.2, 0) is 9.53 Å². The maximum absolute atomic E-state index is 11.2. The lowest BCUT2D eigenvalue weighted by atomic mass is 10.2. The van der Waals surface area contributed by atoms with Crippen LogP contribution in [-0.4, -0.2) is 11.9 Å².